The quantitative estimate of drug-likeness (QED) is 0.727. The van der Waals surface area contributed by atoms with Crippen molar-refractivity contribution in [3.8, 4) is 5.75 Å². The van der Waals surface area contributed by atoms with Crippen LogP contribution < -0.4 is 9.64 Å². The minimum absolute atomic E-state index is 0.00172. The van der Waals surface area contributed by atoms with E-state index in [1.54, 1.807) is 0 Å². The molecule has 1 amide bonds. The van der Waals surface area contributed by atoms with Gasteiger partial charge in [0.15, 0.2) is 11.6 Å². The number of aromatic nitrogens is 1. The zero-order chi connectivity index (χ0) is 13.3. The van der Waals surface area contributed by atoms with Gasteiger partial charge in [0.1, 0.15) is 18.8 Å². The number of fused-ring (bicyclic) bond motifs is 1. The van der Waals surface area contributed by atoms with Gasteiger partial charge in [-0.15, -0.1) is 0 Å². The van der Waals surface area contributed by atoms with Gasteiger partial charge < -0.3 is 4.74 Å². The molecular formula is C10H8F4N2O2. The molecule has 1 aromatic heterocycles. The zero-order valence-electron chi connectivity index (χ0n) is 9.00. The Morgan fingerprint density at radius 1 is 1.50 bits per heavy atom. The summed E-state index contributed by atoms with van der Waals surface area (Å²) in [5, 5.41) is 0. The van der Waals surface area contributed by atoms with Crippen LogP contribution in [0.15, 0.2) is 12.3 Å². The molecule has 4 nitrogen and oxygen atoms in total. The summed E-state index contributed by atoms with van der Waals surface area (Å²) in [6, 6.07) is 0.982. The van der Waals surface area contributed by atoms with E-state index in [-0.39, 0.29) is 24.7 Å². The Balaban J connectivity index is 2.25. The first-order valence-electron chi connectivity index (χ1n) is 5.02. The molecule has 1 aliphatic rings. The lowest BCUT2D eigenvalue weighted by Gasteiger charge is -2.28. The van der Waals surface area contributed by atoms with Crippen LogP contribution in [0.3, 0.4) is 0 Å². The summed E-state index contributed by atoms with van der Waals surface area (Å²) in [6.45, 7) is -0.0394. The predicted octanol–water partition coefficient (Wildman–Crippen LogP) is 1.90. The summed E-state index contributed by atoms with van der Waals surface area (Å²) in [5.41, 5.74) is 0. The van der Waals surface area contributed by atoms with E-state index in [0.717, 1.165) is 17.2 Å². The summed E-state index contributed by atoms with van der Waals surface area (Å²) >= 11 is 0. The fraction of sp³-hybridized carbons (Fsp3) is 0.400. The van der Waals surface area contributed by atoms with Crippen LogP contribution in [0.1, 0.15) is 6.42 Å². The van der Waals surface area contributed by atoms with E-state index in [9.17, 15) is 22.4 Å². The molecule has 0 saturated heterocycles. The monoisotopic (exact) mass is 264 g/mol. The summed E-state index contributed by atoms with van der Waals surface area (Å²) < 4.78 is 54.3. The molecule has 8 heteroatoms. The molecule has 0 unspecified atom stereocenters. The lowest BCUT2D eigenvalue weighted by Crippen LogP contribution is -2.40. The van der Waals surface area contributed by atoms with Gasteiger partial charge in [-0.1, -0.05) is 0 Å². The SMILES string of the molecule is O=C(CC(F)(F)F)N1CCOc2cc(F)cnc21. The highest BCUT2D eigenvalue weighted by molar-refractivity contribution is 5.94. The van der Waals surface area contributed by atoms with Gasteiger partial charge >= 0.3 is 6.18 Å². The third-order valence-corrected chi connectivity index (χ3v) is 2.28. The second kappa shape index (κ2) is 4.43. The summed E-state index contributed by atoms with van der Waals surface area (Å²) in [4.78, 5) is 15.9. The Morgan fingerprint density at radius 2 is 2.22 bits per heavy atom. The van der Waals surface area contributed by atoms with Gasteiger partial charge in [0, 0.05) is 6.07 Å². The maximum absolute atomic E-state index is 12.9. The van der Waals surface area contributed by atoms with Gasteiger partial charge in [0.2, 0.25) is 5.91 Å². The highest BCUT2D eigenvalue weighted by Gasteiger charge is 2.36. The van der Waals surface area contributed by atoms with Crippen molar-refractivity contribution in [2.75, 3.05) is 18.1 Å². The lowest BCUT2D eigenvalue weighted by molar-refractivity contribution is -0.152. The Kier molecular flexibility index (Phi) is 3.10. The summed E-state index contributed by atoms with van der Waals surface area (Å²) in [6.07, 6.45) is -5.34. The fourth-order valence-electron chi connectivity index (χ4n) is 1.58. The molecule has 18 heavy (non-hydrogen) atoms. The third-order valence-electron chi connectivity index (χ3n) is 2.28. The van der Waals surface area contributed by atoms with E-state index in [2.05, 4.69) is 4.98 Å². The number of halogens is 4. The Hall–Kier alpha value is -1.86. The van der Waals surface area contributed by atoms with Crippen molar-refractivity contribution in [3.05, 3.63) is 18.1 Å². The maximum atomic E-state index is 12.9. The second-order valence-corrected chi connectivity index (χ2v) is 3.66. The second-order valence-electron chi connectivity index (χ2n) is 3.66. The minimum Gasteiger partial charge on any atom is -0.488 e. The van der Waals surface area contributed by atoms with Gasteiger partial charge in [0.05, 0.1) is 12.7 Å². The van der Waals surface area contributed by atoms with Gasteiger partial charge in [-0.3, -0.25) is 9.69 Å². The first-order valence-corrected chi connectivity index (χ1v) is 5.02. The Labute approximate surface area is 99.2 Å². The third kappa shape index (κ3) is 2.69. The van der Waals surface area contributed by atoms with Crippen molar-refractivity contribution < 1.29 is 27.1 Å². The average Bonchev–Trinajstić information content (AvgIpc) is 2.25. The number of hydrogen-bond acceptors (Lipinski definition) is 3. The fourth-order valence-corrected chi connectivity index (χ4v) is 1.58. The summed E-state index contributed by atoms with van der Waals surface area (Å²) in [5.74, 6) is -1.93. The van der Waals surface area contributed by atoms with Crippen LogP contribution in [0, 0.1) is 5.82 Å². The largest absolute Gasteiger partial charge is 0.488 e. The highest BCUT2D eigenvalue weighted by Crippen LogP contribution is 2.31. The molecule has 1 aliphatic heterocycles. The number of nitrogens with zero attached hydrogens (tertiary/aromatic N) is 2. The minimum atomic E-state index is -4.59. The number of alkyl halides is 3. The van der Waals surface area contributed by atoms with E-state index in [1.807, 2.05) is 0 Å². The zero-order valence-corrected chi connectivity index (χ0v) is 9.00. The van der Waals surface area contributed by atoms with Gasteiger partial charge in [-0.2, -0.15) is 13.2 Å². The molecule has 2 heterocycles. The van der Waals surface area contributed by atoms with Crippen molar-refractivity contribution in [3.63, 3.8) is 0 Å². The molecule has 0 atom stereocenters. The van der Waals surface area contributed by atoms with Crippen LogP contribution >= 0.6 is 0 Å². The molecule has 0 N–H and O–H groups in total. The van der Waals surface area contributed by atoms with E-state index >= 15 is 0 Å². The first-order chi connectivity index (χ1) is 8.37. The number of hydrogen-bond donors (Lipinski definition) is 0. The van der Waals surface area contributed by atoms with E-state index in [4.69, 9.17) is 4.74 Å². The molecule has 2 rings (SSSR count). The number of anilines is 1. The number of carbonyl (C=O) groups excluding carboxylic acids is 1. The lowest BCUT2D eigenvalue weighted by atomic mass is 10.3. The predicted molar refractivity (Wildman–Crippen MR) is 52.7 cm³/mol. The van der Waals surface area contributed by atoms with E-state index < -0.39 is 24.3 Å². The van der Waals surface area contributed by atoms with Crippen molar-refractivity contribution >= 4 is 11.7 Å². The molecule has 0 bridgehead atoms. The average molecular weight is 264 g/mol. The molecule has 0 aromatic carbocycles. The van der Waals surface area contributed by atoms with Gasteiger partial charge in [0.25, 0.3) is 0 Å². The van der Waals surface area contributed by atoms with Gasteiger partial charge in [-0.25, -0.2) is 9.37 Å². The smallest absolute Gasteiger partial charge is 0.397 e. The Bertz CT molecular complexity index is 475. The van der Waals surface area contributed by atoms with Crippen LogP contribution in [0.4, 0.5) is 23.4 Å². The standard InChI is InChI=1S/C10H8F4N2O2/c11-6-3-7-9(15-5-6)16(1-2-18-7)8(17)4-10(12,13)14/h3,5H,1-2,4H2. The molecule has 0 aliphatic carbocycles. The van der Waals surface area contributed by atoms with Crippen LogP contribution in [0.25, 0.3) is 0 Å². The van der Waals surface area contributed by atoms with E-state index in [0.29, 0.717) is 0 Å². The molecule has 0 saturated carbocycles. The topological polar surface area (TPSA) is 42.4 Å². The molecule has 0 spiro atoms. The molecule has 0 fully saturated rings. The van der Waals surface area contributed by atoms with Crippen LogP contribution in [-0.2, 0) is 4.79 Å². The molecular weight excluding hydrogens is 256 g/mol. The van der Waals surface area contributed by atoms with Crippen LogP contribution in [-0.4, -0.2) is 30.2 Å². The van der Waals surface area contributed by atoms with Crippen molar-refractivity contribution in [2.24, 2.45) is 0 Å². The molecule has 98 valence electrons. The normalized spacial score (nSPS) is 15.0. The number of pyridine rings is 1. The Morgan fingerprint density at radius 3 is 2.89 bits per heavy atom. The van der Waals surface area contributed by atoms with Crippen LogP contribution in [0.2, 0.25) is 0 Å². The highest BCUT2D eigenvalue weighted by atomic mass is 19.4. The molecule has 0 radical (unpaired) electrons. The maximum Gasteiger partial charge on any atom is 0.397 e. The first kappa shape index (κ1) is 12.6. The molecule has 1 aromatic rings. The van der Waals surface area contributed by atoms with Crippen molar-refractivity contribution in [2.45, 2.75) is 12.6 Å². The number of ether oxygens (including phenoxy) is 1. The summed E-state index contributed by atoms with van der Waals surface area (Å²) in [7, 11) is 0. The number of rotatable bonds is 1. The number of carbonyl (C=O) groups is 1. The van der Waals surface area contributed by atoms with Crippen LogP contribution in [0.5, 0.6) is 5.75 Å². The van der Waals surface area contributed by atoms with E-state index in [1.165, 1.54) is 0 Å². The number of amides is 1. The van der Waals surface area contributed by atoms with Gasteiger partial charge in [-0.05, 0) is 0 Å². The van der Waals surface area contributed by atoms with Crippen molar-refractivity contribution in [1.82, 2.24) is 4.98 Å². The van der Waals surface area contributed by atoms with Crippen molar-refractivity contribution in [1.29, 1.82) is 0 Å².